The Bertz CT molecular complexity index is 471. The van der Waals surface area contributed by atoms with E-state index in [1.165, 1.54) is 5.56 Å². The first-order valence-electron chi connectivity index (χ1n) is 7.45. The molecule has 0 unspecified atom stereocenters. The van der Waals surface area contributed by atoms with Crippen LogP contribution >= 0.6 is 0 Å². The lowest BCUT2D eigenvalue weighted by atomic mass is 9.72. The largest absolute Gasteiger partial charge is 0.392 e. The Morgan fingerprint density at radius 2 is 2.10 bits per heavy atom. The highest BCUT2D eigenvalue weighted by molar-refractivity contribution is 5.79. The lowest BCUT2D eigenvalue weighted by Gasteiger charge is -2.43. The second-order valence-corrected chi connectivity index (χ2v) is 6.03. The lowest BCUT2D eigenvalue weighted by molar-refractivity contribution is -0.125. The molecular weight excluding hydrogens is 252 g/mol. The summed E-state index contributed by atoms with van der Waals surface area (Å²) < 4.78 is 0. The number of nitrogens with one attached hydrogen (secondary N) is 1. The number of aliphatic hydroxyl groups is 1. The second-order valence-electron chi connectivity index (χ2n) is 6.03. The number of hydrogen-bond acceptors (Lipinski definition) is 3. The highest BCUT2D eigenvalue weighted by atomic mass is 16.3. The fourth-order valence-electron chi connectivity index (χ4n) is 3.24. The van der Waals surface area contributed by atoms with Gasteiger partial charge in [0, 0.05) is 13.1 Å². The SMILES string of the molecule is O=C(CN1CC[C@H](O)C1)NC1(c2ccccc2)CCC1. The minimum atomic E-state index is -0.269. The molecule has 0 aromatic heterocycles. The zero-order valence-electron chi connectivity index (χ0n) is 11.7. The third kappa shape index (κ3) is 2.72. The summed E-state index contributed by atoms with van der Waals surface area (Å²) in [7, 11) is 0. The quantitative estimate of drug-likeness (QED) is 0.869. The first-order chi connectivity index (χ1) is 9.68. The van der Waals surface area contributed by atoms with E-state index in [-0.39, 0.29) is 17.6 Å². The summed E-state index contributed by atoms with van der Waals surface area (Å²) in [4.78, 5) is 14.3. The summed E-state index contributed by atoms with van der Waals surface area (Å²) in [6, 6.07) is 10.2. The van der Waals surface area contributed by atoms with Gasteiger partial charge >= 0.3 is 0 Å². The van der Waals surface area contributed by atoms with Crippen LogP contribution in [0.2, 0.25) is 0 Å². The van der Waals surface area contributed by atoms with Gasteiger partial charge in [-0.15, -0.1) is 0 Å². The van der Waals surface area contributed by atoms with Crippen LogP contribution in [0.15, 0.2) is 30.3 Å². The van der Waals surface area contributed by atoms with Crippen molar-refractivity contribution in [2.75, 3.05) is 19.6 Å². The van der Waals surface area contributed by atoms with Crippen LogP contribution in [0.5, 0.6) is 0 Å². The van der Waals surface area contributed by atoms with Gasteiger partial charge in [0.25, 0.3) is 0 Å². The summed E-state index contributed by atoms with van der Waals surface area (Å²) in [5, 5.41) is 12.7. The van der Waals surface area contributed by atoms with Crippen LogP contribution < -0.4 is 5.32 Å². The van der Waals surface area contributed by atoms with Gasteiger partial charge in [0.2, 0.25) is 5.91 Å². The molecule has 1 aromatic rings. The molecule has 0 bridgehead atoms. The number of hydrogen-bond donors (Lipinski definition) is 2. The van der Waals surface area contributed by atoms with Gasteiger partial charge in [-0.05, 0) is 31.2 Å². The van der Waals surface area contributed by atoms with Crippen LogP contribution in [-0.2, 0) is 10.3 Å². The Morgan fingerprint density at radius 1 is 1.35 bits per heavy atom. The Kier molecular flexibility index (Phi) is 3.76. The number of benzene rings is 1. The van der Waals surface area contributed by atoms with Crippen molar-refractivity contribution in [3.05, 3.63) is 35.9 Å². The van der Waals surface area contributed by atoms with Gasteiger partial charge in [-0.3, -0.25) is 9.69 Å². The number of rotatable bonds is 4. The average molecular weight is 274 g/mol. The van der Waals surface area contributed by atoms with Gasteiger partial charge in [0.15, 0.2) is 0 Å². The van der Waals surface area contributed by atoms with E-state index in [1.54, 1.807) is 0 Å². The van der Waals surface area contributed by atoms with E-state index in [0.717, 1.165) is 32.2 Å². The number of nitrogens with zero attached hydrogens (tertiary/aromatic N) is 1. The lowest BCUT2D eigenvalue weighted by Crippen LogP contribution is -2.53. The first kappa shape index (κ1) is 13.6. The van der Waals surface area contributed by atoms with Crippen LogP contribution in [0.25, 0.3) is 0 Å². The van der Waals surface area contributed by atoms with Crippen LogP contribution in [-0.4, -0.2) is 41.7 Å². The van der Waals surface area contributed by atoms with Gasteiger partial charge in [-0.1, -0.05) is 30.3 Å². The molecule has 1 aliphatic carbocycles. The number of likely N-dealkylation sites (tertiary alicyclic amines) is 1. The molecule has 1 amide bonds. The zero-order chi connectivity index (χ0) is 14.0. The highest BCUT2D eigenvalue weighted by Gasteiger charge is 2.40. The average Bonchev–Trinajstić information content (AvgIpc) is 2.80. The van der Waals surface area contributed by atoms with Crippen LogP contribution in [0.4, 0.5) is 0 Å². The molecule has 20 heavy (non-hydrogen) atoms. The van der Waals surface area contributed by atoms with Crippen LogP contribution in [0.1, 0.15) is 31.2 Å². The molecular formula is C16H22N2O2. The second kappa shape index (κ2) is 5.54. The fourth-order valence-corrected chi connectivity index (χ4v) is 3.24. The van der Waals surface area contributed by atoms with E-state index in [1.807, 2.05) is 23.1 Å². The number of carbonyl (C=O) groups is 1. The molecule has 0 radical (unpaired) electrons. The predicted octanol–water partition coefficient (Wildman–Crippen LogP) is 1.25. The number of carbonyl (C=O) groups excluding carboxylic acids is 1. The Labute approximate surface area is 119 Å². The third-order valence-corrected chi connectivity index (χ3v) is 4.53. The summed E-state index contributed by atoms with van der Waals surface area (Å²) in [5.74, 6) is 0.0719. The summed E-state index contributed by atoms with van der Waals surface area (Å²) >= 11 is 0. The number of aliphatic hydroxyl groups excluding tert-OH is 1. The summed E-state index contributed by atoms with van der Waals surface area (Å²) in [6.07, 6.45) is 3.71. The van der Waals surface area contributed by atoms with Crippen molar-refractivity contribution in [1.82, 2.24) is 10.2 Å². The van der Waals surface area contributed by atoms with Crippen molar-refractivity contribution in [2.24, 2.45) is 0 Å². The predicted molar refractivity (Wildman–Crippen MR) is 77.2 cm³/mol. The van der Waals surface area contributed by atoms with Gasteiger partial charge in [0.1, 0.15) is 0 Å². The fraction of sp³-hybridized carbons (Fsp3) is 0.562. The van der Waals surface area contributed by atoms with Crippen molar-refractivity contribution < 1.29 is 9.90 Å². The molecule has 2 fully saturated rings. The van der Waals surface area contributed by atoms with Gasteiger partial charge in [-0.2, -0.15) is 0 Å². The third-order valence-electron chi connectivity index (χ3n) is 4.53. The van der Waals surface area contributed by atoms with E-state index in [9.17, 15) is 9.90 Å². The topological polar surface area (TPSA) is 52.6 Å². The molecule has 108 valence electrons. The Balaban J connectivity index is 1.62. The van der Waals surface area contributed by atoms with Crippen molar-refractivity contribution in [2.45, 2.75) is 37.3 Å². The smallest absolute Gasteiger partial charge is 0.234 e. The van der Waals surface area contributed by atoms with Gasteiger partial charge in [0.05, 0.1) is 18.2 Å². The molecule has 1 heterocycles. The molecule has 1 saturated heterocycles. The first-order valence-corrected chi connectivity index (χ1v) is 7.45. The molecule has 1 aliphatic heterocycles. The number of amides is 1. The molecule has 4 heteroatoms. The van der Waals surface area contributed by atoms with Gasteiger partial charge < -0.3 is 10.4 Å². The highest BCUT2D eigenvalue weighted by Crippen LogP contribution is 2.41. The maximum absolute atomic E-state index is 12.3. The minimum Gasteiger partial charge on any atom is -0.392 e. The molecule has 1 atom stereocenters. The summed E-state index contributed by atoms with van der Waals surface area (Å²) in [5.41, 5.74) is 1.05. The molecule has 1 aromatic carbocycles. The van der Waals surface area contributed by atoms with E-state index in [0.29, 0.717) is 13.1 Å². The van der Waals surface area contributed by atoms with Crippen molar-refractivity contribution in [1.29, 1.82) is 0 Å². The van der Waals surface area contributed by atoms with E-state index < -0.39 is 0 Å². The monoisotopic (exact) mass is 274 g/mol. The van der Waals surface area contributed by atoms with Crippen LogP contribution in [0.3, 0.4) is 0 Å². The molecule has 0 spiro atoms. The van der Waals surface area contributed by atoms with E-state index in [4.69, 9.17) is 0 Å². The maximum Gasteiger partial charge on any atom is 0.234 e. The zero-order valence-corrected chi connectivity index (χ0v) is 11.7. The Morgan fingerprint density at radius 3 is 2.65 bits per heavy atom. The number of β-amino-alcohol motifs (C(OH)–C–C–N with tert-alkyl or cyclic N) is 1. The summed E-state index contributed by atoms with van der Waals surface area (Å²) in [6.45, 7) is 1.82. The van der Waals surface area contributed by atoms with Gasteiger partial charge in [-0.25, -0.2) is 0 Å². The molecule has 2 aliphatic rings. The normalized spacial score (nSPS) is 25.1. The van der Waals surface area contributed by atoms with Crippen molar-refractivity contribution in [3.8, 4) is 0 Å². The molecule has 2 N–H and O–H groups in total. The minimum absolute atomic E-state index is 0.0719. The molecule has 4 nitrogen and oxygen atoms in total. The standard InChI is InChI=1S/C16H22N2O2/c19-14-7-10-18(11-14)12-15(20)17-16(8-4-9-16)13-5-2-1-3-6-13/h1-3,5-6,14,19H,4,7-12H2,(H,17,20)/t14-/m0/s1. The maximum atomic E-state index is 12.3. The molecule has 1 saturated carbocycles. The van der Waals surface area contributed by atoms with Crippen molar-refractivity contribution in [3.63, 3.8) is 0 Å². The van der Waals surface area contributed by atoms with Crippen molar-refractivity contribution >= 4 is 5.91 Å². The Hall–Kier alpha value is -1.39. The van der Waals surface area contributed by atoms with E-state index >= 15 is 0 Å². The molecule has 3 rings (SSSR count). The van der Waals surface area contributed by atoms with Crippen LogP contribution in [0, 0.1) is 0 Å². The van der Waals surface area contributed by atoms with E-state index in [2.05, 4.69) is 17.4 Å².